The number of benzene rings is 1. The highest BCUT2D eigenvalue weighted by atomic mass is 32.2. The summed E-state index contributed by atoms with van der Waals surface area (Å²) in [7, 11) is -4.10. The van der Waals surface area contributed by atoms with Crippen LogP contribution in [0.2, 0.25) is 0 Å². The van der Waals surface area contributed by atoms with E-state index in [1.165, 1.54) is 28.8 Å². The third-order valence-electron chi connectivity index (χ3n) is 5.86. The van der Waals surface area contributed by atoms with Gasteiger partial charge in [-0.1, -0.05) is 6.07 Å². The molecule has 1 aromatic carbocycles. The van der Waals surface area contributed by atoms with E-state index in [2.05, 4.69) is 15.3 Å². The first kappa shape index (κ1) is 24.6. The Kier molecular flexibility index (Phi) is 7.84. The van der Waals surface area contributed by atoms with Crippen LogP contribution < -0.4 is 5.32 Å². The summed E-state index contributed by atoms with van der Waals surface area (Å²) in [5.41, 5.74) is 0.679. The molecule has 0 saturated carbocycles. The number of aliphatic hydroxyl groups is 1. The largest absolute Gasteiger partial charge is 0.389 e. The van der Waals surface area contributed by atoms with E-state index in [1.54, 1.807) is 12.3 Å². The van der Waals surface area contributed by atoms with E-state index in [4.69, 9.17) is 9.47 Å². The number of carbonyl (C=O) groups excluding carboxylic acids is 1. The van der Waals surface area contributed by atoms with Crippen molar-refractivity contribution in [3.8, 4) is 0 Å². The van der Waals surface area contributed by atoms with Gasteiger partial charge in [0.2, 0.25) is 15.9 Å². The molecule has 10 nitrogen and oxygen atoms in total. The molecule has 2 N–H and O–H groups in total. The van der Waals surface area contributed by atoms with Gasteiger partial charge in [-0.25, -0.2) is 22.8 Å². The highest BCUT2D eigenvalue weighted by Gasteiger charge is 2.43. The van der Waals surface area contributed by atoms with Crippen molar-refractivity contribution in [2.45, 2.75) is 55.1 Å². The standard InChI is InChI=1S/C22H27FN4O6S/c23-15-2-1-3-19(8-15)34(30,31)27-11-17(28)12-32-13-21-20(27)5-4-18(33-21)9-22(29)25-10-16-6-7-24-14-26-16/h1-3,6-8,14,17-18,20-21,28H,4-5,9-13H2,(H,25,29)/t17-,18-,20-,21+/m1/s1. The minimum absolute atomic E-state index is 0.0637. The molecular weight excluding hydrogens is 467 g/mol. The fourth-order valence-electron chi connectivity index (χ4n) is 4.22. The number of amides is 1. The Morgan fingerprint density at radius 3 is 2.88 bits per heavy atom. The summed E-state index contributed by atoms with van der Waals surface area (Å²) in [5, 5.41) is 13.0. The number of fused-ring (bicyclic) bond motifs is 1. The molecule has 2 saturated heterocycles. The number of halogens is 1. The zero-order valence-electron chi connectivity index (χ0n) is 18.4. The van der Waals surface area contributed by atoms with Crippen LogP contribution in [0.3, 0.4) is 0 Å². The molecule has 4 atom stereocenters. The summed E-state index contributed by atoms with van der Waals surface area (Å²) < 4.78 is 53.3. The van der Waals surface area contributed by atoms with Gasteiger partial charge in [0.15, 0.2) is 0 Å². The molecule has 0 radical (unpaired) electrons. The van der Waals surface area contributed by atoms with Crippen LogP contribution in [0.5, 0.6) is 0 Å². The third-order valence-corrected chi connectivity index (χ3v) is 7.75. The molecule has 3 heterocycles. The zero-order valence-corrected chi connectivity index (χ0v) is 19.2. The van der Waals surface area contributed by atoms with E-state index >= 15 is 0 Å². The second-order valence-corrected chi connectivity index (χ2v) is 10.2. The van der Waals surface area contributed by atoms with Crippen LogP contribution in [0.25, 0.3) is 0 Å². The van der Waals surface area contributed by atoms with Gasteiger partial charge in [-0.15, -0.1) is 0 Å². The minimum Gasteiger partial charge on any atom is -0.389 e. The normalized spacial score (nSPS) is 26.2. The summed E-state index contributed by atoms with van der Waals surface area (Å²) in [6.07, 6.45) is 1.85. The highest BCUT2D eigenvalue weighted by molar-refractivity contribution is 7.89. The van der Waals surface area contributed by atoms with Crippen LogP contribution in [0.15, 0.2) is 47.8 Å². The molecule has 0 spiro atoms. The highest BCUT2D eigenvalue weighted by Crippen LogP contribution is 2.31. The number of nitrogens with one attached hydrogen (secondary N) is 1. The number of carbonyl (C=O) groups is 1. The Morgan fingerprint density at radius 1 is 1.26 bits per heavy atom. The van der Waals surface area contributed by atoms with Crippen molar-refractivity contribution in [3.05, 3.63) is 54.4 Å². The van der Waals surface area contributed by atoms with Crippen molar-refractivity contribution in [2.75, 3.05) is 19.8 Å². The summed E-state index contributed by atoms with van der Waals surface area (Å²) >= 11 is 0. The van der Waals surface area contributed by atoms with E-state index in [9.17, 15) is 22.7 Å². The quantitative estimate of drug-likeness (QED) is 0.598. The van der Waals surface area contributed by atoms with E-state index in [0.717, 1.165) is 6.07 Å². The maximum Gasteiger partial charge on any atom is 0.243 e. The van der Waals surface area contributed by atoms with Crippen LogP contribution in [0, 0.1) is 5.82 Å². The van der Waals surface area contributed by atoms with Gasteiger partial charge in [-0.3, -0.25) is 4.79 Å². The fraction of sp³-hybridized carbons (Fsp3) is 0.500. The topological polar surface area (TPSA) is 131 Å². The van der Waals surface area contributed by atoms with Crippen LogP contribution in [-0.2, 0) is 30.8 Å². The second-order valence-electron chi connectivity index (χ2n) is 8.35. The Bertz CT molecular complexity index is 1090. The molecule has 2 aromatic rings. The monoisotopic (exact) mass is 494 g/mol. The molecule has 0 aliphatic carbocycles. The van der Waals surface area contributed by atoms with Crippen molar-refractivity contribution in [3.63, 3.8) is 0 Å². The number of aliphatic hydroxyl groups excluding tert-OH is 1. The first-order valence-electron chi connectivity index (χ1n) is 11.0. The maximum absolute atomic E-state index is 13.7. The zero-order chi connectivity index (χ0) is 24.1. The number of hydrogen-bond donors (Lipinski definition) is 2. The van der Waals surface area contributed by atoms with Crippen LogP contribution >= 0.6 is 0 Å². The average molecular weight is 495 g/mol. The molecular formula is C22H27FN4O6S. The van der Waals surface area contributed by atoms with Crippen LogP contribution in [-0.4, -0.2) is 77.8 Å². The summed E-state index contributed by atoms with van der Waals surface area (Å²) in [4.78, 5) is 20.1. The van der Waals surface area contributed by atoms with Crippen molar-refractivity contribution in [1.82, 2.24) is 19.6 Å². The number of nitrogens with zero attached hydrogens (tertiary/aromatic N) is 3. The summed E-state index contributed by atoms with van der Waals surface area (Å²) in [6.45, 7) is 0.0655. The van der Waals surface area contributed by atoms with E-state index < -0.39 is 40.2 Å². The van der Waals surface area contributed by atoms with Gasteiger partial charge in [0, 0.05) is 12.7 Å². The molecule has 2 fully saturated rings. The van der Waals surface area contributed by atoms with Gasteiger partial charge in [0.25, 0.3) is 0 Å². The first-order valence-corrected chi connectivity index (χ1v) is 12.5. The summed E-state index contributed by atoms with van der Waals surface area (Å²) in [6, 6.07) is 5.86. The van der Waals surface area contributed by atoms with Gasteiger partial charge in [-0.05, 0) is 37.1 Å². The van der Waals surface area contributed by atoms with Gasteiger partial charge in [0.1, 0.15) is 12.1 Å². The lowest BCUT2D eigenvalue weighted by molar-refractivity contribution is -0.146. The Balaban J connectivity index is 1.44. The molecule has 0 bridgehead atoms. The lowest BCUT2D eigenvalue weighted by Gasteiger charge is -2.43. The van der Waals surface area contributed by atoms with Crippen molar-refractivity contribution in [2.24, 2.45) is 0 Å². The molecule has 1 amide bonds. The van der Waals surface area contributed by atoms with Crippen LogP contribution in [0.4, 0.5) is 4.39 Å². The molecule has 2 aliphatic heterocycles. The van der Waals surface area contributed by atoms with Crippen molar-refractivity contribution in [1.29, 1.82) is 0 Å². The van der Waals surface area contributed by atoms with Gasteiger partial charge in [-0.2, -0.15) is 4.31 Å². The third kappa shape index (κ3) is 5.94. The minimum atomic E-state index is -4.10. The van der Waals surface area contributed by atoms with E-state index in [1.807, 2.05) is 0 Å². The second kappa shape index (κ2) is 10.8. The SMILES string of the molecule is O=C(C[C@H]1CC[C@@H]2[C@H](COC[C@H](O)CN2S(=O)(=O)c2cccc(F)c2)O1)NCc1ccncn1. The maximum atomic E-state index is 13.7. The number of hydrogen-bond acceptors (Lipinski definition) is 8. The molecule has 184 valence electrons. The Labute approximate surface area is 197 Å². The number of β-amino-alcohol motifs (C(OH)–C–C–N with tert-alkyl or cyclic N) is 1. The molecule has 12 heteroatoms. The molecule has 34 heavy (non-hydrogen) atoms. The molecule has 1 aromatic heterocycles. The molecule has 2 aliphatic rings. The van der Waals surface area contributed by atoms with Crippen molar-refractivity contribution < 1.29 is 32.2 Å². The lowest BCUT2D eigenvalue weighted by Crippen LogP contribution is -2.57. The Hall–Kier alpha value is -2.51. The van der Waals surface area contributed by atoms with Gasteiger partial charge >= 0.3 is 0 Å². The van der Waals surface area contributed by atoms with E-state index in [0.29, 0.717) is 18.5 Å². The van der Waals surface area contributed by atoms with E-state index in [-0.39, 0.29) is 43.5 Å². The number of aromatic nitrogens is 2. The molecule has 4 rings (SSSR count). The smallest absolute Gasteiger partial charge is 0.243 e. The van der Waals surface area contributed by atoms with Crippen molar-refractivity contribution >= 4 is 15.9 Å². The fourth-order valence-corrected chi connectivity index (χ4v) is 5.97. The van der Waals surface area contributed by atoms with Gasteiger partial charge in [0.05, 0.1) is 61.1 Å². The Morgan fingerprint density at radius 2 is 2.12 bits per heavy atom. The number of ether oxygens (including phenoxy) is 2. The number of rotatable bonds is 6. The summed E-state index contributed by atoms with van der Waals surface area (Å²) in [5.74, 6) is -0.880. The van der Waals surface area contributed by atoms with Crippen LogP contribution in [0.1, 0.15) is 25.0 Å². The first-order chi connectivity index (χ1) is 16.3. The van der Waals surface area contributed by atoms with Gasteiger partial charge < -0.3 is 19.9 Å². The number of sulfonamides is 1. The average Bonchev–Trinajstić information content (AvgIpc) is 2.81. The predicted octanol–water partition coefficient (Wildman–Crippen LogP) is 0.620. The molecule has 0 unspecified atom stereocenters. The predicted molar refractivity (Wildman–Crippen MR) is 117 cm³/mol. The lowest BCUT2D eigenvalue weighted by atomic mass is 9.96.